The van der Waals surface area contributed by atoms with E-state index in [2.05, 4.69) is 18.6 Å². The number of nitrogens with zero attached hydrogens (tertiary/aromatic N) is 2. The summed E-state index contributed by atoms with van der Waals surface area (Å²) in [5.41, 5.74) is 8.75. The summed E-state index contributed by atoms with van der Waals surface area (Å²) >= 11 is 3.30. The minimum absolute atomic E-state index is 0.536. The van der Waals surface area contributed by atoms with E-state index < -0.39 is 6.10 Å². The van der Waals surface area contributed by atoms with Crippen LogP contribution in [0.4, 0.5) is 5.69 Å². The van der Waals surface area contributed by atoms with Gasteiger partial charge in [0.25, 0.3) is 0 Å². The van der Waals surface area contributed by atoms with Crippen molar-refractivity contribution < 1.29 is 14.3 Å². The van der Waals surface area contributed by atoms with Crippen molar-refractivity contribution in [2.24, 2.45) is 10.7 Å². The Morgan fingerprint density at radius 2 is 1.83 bits per heavy atom. The van der Waals surface area contributed by atoms with Gasteiger partial charge >= 0.3 is 0 Å². The van der Waals surface area contributed by atoms with Crippen molar-refractivity contribution in [2.75, 3.05) is 18.7 Å². The molecule has 1 atom stereocenters. The molecule has 0 radical (unpaired) electrons. The van der Waals surface area contributed by atoms with Crippen molar-refractivity contribution in [3.05, 3.63) is 77.4 Å². The Hall–Kier alpha value is -3.25. The van der Waals surface area contributed by atoms with E-state index in [9.17, 15) is 4.79 Å². The molecule has 0 aromatic heterocycles. The van der Waals surface area contributed by atoms with Crippen LogP contribution >= 0.6 is 23.5 Å². The molecule has 0 amide bonds. The van der Waals surface area contributed by atoms with Crippen LogP contribution in [0.3, 0.4) is 0 Å². The number of aldehydes is 1. The standard InChI is InChI=1S/C17H15NO2S.C10H14N2OS/c1-2-21-16-9-5-14(6-10-16)17(12-19)20-15-7-3-13(11-18)4-8-15;1-7-4-10(14-6-11)8(12-2)5-9(7)13-3/h3-10,12,17H,2H2,1H3;4-5H,2,6,11H2,1,3H3. The van der Waals surface area contributed by atoms with Crippen molar-refractivity contribution in [3.63, 3.8) is 0 Å². The van der Waals surface area contributed by atoms with E-state index in [4.69, 9.17) is 20.5 Å². The summed E-state index contributed by atoms with van der Waals surface area (Å²) in [6.07, 6.45) is 0.138. The Kier molecular flexibility index (Phi) is 11.9. The Bertz CT molecular complexity index is 1140. The molecule has 3 aromatic rings. The number of benzene rings is 3. The number of methoxy groups -OCH3 is 1. The molecule has 35 heavy (non-hydrogen) atoms. The van der Waals surface area contributed by atoms with Gasteiger partial charge in [-0.05, 0) is 73.0 Å². The van der Waals surface area contributed by atoms with Gasteiger partial charge in [-0.15, -0.1) is 23.5 Å². The van der Waals surface area contributed by atoms with Gasteiger partial charge in [-0.2, -0.15) is 5.26 Å². The number of rotatable bonds is 10. The monoisotopic (exact) mass is 507 g/mol. The number of hydrogen-bond donors (Lipinski definition) is 1. The number of hydrogen-bond acceptors (Lipinski definition) is 8. The number of carbonyl (C=O) groups is 1. The van der Waals surface area contributed by atoms with E-state index in [1.807, 2.05) is 49.4 Å². The van der Waals surface area contributed by atoms with E-state index in [1.165, 1.54) is 4.90 Å². The first-order valence-corrected chi connectivity index (χ1v) is 12.8. The topological polar surface area (TPSA) is 97.7 Å². The van der Waals surface area contributed by atoms with Crippen LogP contribution in [0.15, 0.2) is 75.4 Å². The molecule has 0 saturated carbocycles. The van der Waals surface area contributed by atoms with Crippen LogP contribution in [0, 0.1) is 18.3 Å². The second kappa shape index (κ2) is 14.9. The van der Waals surface area contributed by atoms with Gasteiger partial charge in [0.15, 0.2) is 12.4 Å². The fourth-order valence-electron chi connectivity index (χ4n) is 3.05. The smallest absolute Gasteiger partial charge is 0.179 e. The molecular weight excluding hydrogens is 478 g/mol. The van der Waals surface area contributed by atoms with E-state index in [0.29, 0.717) is 17.2 Å². The van der Waals surface area contributed by atoms with Gasteiger partial charge in [0.05, 0.1) is 24.4 Å². The van der Waals surface area contributed by atoms with Gasteiger partial charge in [-0.1, -0.05) is 19.1 Å². The van der Waals surface area contributed by atoms with Crippen molar-refractivity contribution in [1.29, 1.82) is 5.26 Å². The first-order valence-electron chi connectivity index (χ1n) is 10.8. The van der Waals surface area contributed by atoms with Crippen LogP contribution in [0.25, 0.3) is 0 Å². The third kappa shape index (κ3) is 8.48. The number of nitriles is 1. The van der Waals surface area contributed by atoms with Crippen LogP contribution in [0.5, 0.6) is 11.5 Å². The van der Waals surface area contributed by atoms with E-state index in [1.54, 1.807) is 54.9 Å². The van der Waals surface area contributed by atoms with Gasteiger partial charge in [-0.3, -0.25) is 9.79 Å². The average Bonchev–Trinajstić information content (AvgIpc) is 2.89. The molecule has 8 heteroatoms. The molecule has 0 aliphatic carbocycles. The van der Waals surface area contributed by atoms with E-state index in [0.717, 1.165) is 39.5 Å². The molecule has 0 heterocycles. The maximum atomic E-state index is 11.3. The van der Waals surface area contributed by atoms with Gasteiger partial charge in [0.2, 0.25) is 0 Å². The summed E-state index contributed by atoms with van der Waals surface area (Å²) in [7, 11) is 1.64. The minimum Gasteiger partial charge on any atom is -0.496 e. The van der Waals surface area contributed by atoms with Crippen LogP contribution < -0.4 is 15.2 Å². The first-order chi connectivity index (χ1) is 17.0. The summed E-state index contributed by atoms with van der Waals surface area (Å²) in [4.78, 5) is 17.4. The highest BCUT2D eigenvalue weighted by Crippen LogP contribution is 2.34. The lowest BCUT2D eigenvalue weighted by Gasteiger charge is -2.14. The zero-order valence-corrected chi connectivity index (χ0v) is 21.7. The second-order valence-electron chi connectivity index (χ2n) is 7.07. The molecule has 3 aromatic carbocycles. The Balaban J connectivity index is 0.000000269. The number of ether oxygens (including phenoxy) is 2. The molecule has 0 bridgehead atoms. The molecule has 2 N–H and O–H groups in total. The first kappa shape index (κ1) is 28.0. The van der Waals surface area contributed by atoms with Crippen LogP contribution in [-0.2, 0) is 4.79 Å². The SMILES string of the molecule is C=Nc1cc(OC)c(C)cc1SCN.CCSc1ccc(C(C=O)Oc2ccc(C#N)cc2)cc1. The Morgan fingerprint density at radius 3 is 2.34 bits per heavy atom. The normalized spacial score (nSPS) is 10.8. The molecule has 182 valence electrons. The number of aliphatic imine (C=N–C) groups is 1. The summed E-state index contributed by atoms with van der Waals surface area (Å²) in [5.74, 6) is 2.94. The van der Waals surface area contributed by atoms with E-state index in [-0.39, 0.29) is 0 Å². The Labute approximate surface area is 215 Å². The maximum absolute atomic E-state index is 11.3. The largest absolute Gasteiger partial charge is 0.496 e. The molecule has 0 fully saturated rings. The lowest BCUT2D eigenvalue weighted by atomic mass is 10.1. The molecule has 6 nitrogen and oxygen atoms in total. The molecule has 1 unspecified atom stereocenters. The zero-order chi connectivity index (χ0) is 25.6. The molecule has 0 saturated heterocycles. The van der Waals surface area contributed by atoms with Gasteiger partial charge in [-0.25, -0.2) is 0 Å². The van der Waals surface area contributed by atoms with Crippen molar-refractivity contribution in [2.45, 2.75) is 29.7 Å². The summed E-state index contributed by atoms with van der Waals surface area (Å²) in [5, 5.41) is 8.76. The molecule has 0 spiro atoms. The summed E-state index contributed by atoms with van der Waals surface area (Å²) in [6, 6.07) is 20.4. The van der Waals surface area contributed by atoms with Crippen LogP contribution in [0.1, 0.15) is 29.7 Å². The van der Waals surface area contributed by atoms with Crippen molar-refractivity contribution in [1.82, 2.24) is 0 Å². The number of aryl methyl sites for hydroxylation is 1. The lowest BCUT2D eigenvalue weighted by Crippen LogP contribution is -2.08. The van der Waals surface area contributed by atoms with Crippen molar-refractivity contribution in [3.8, 4) is 17.6 Å². The predicted molar refractivity (Wildman–Crippen MR) is 145 cm³/mol. The quantitative estimate of drug-likeness (QED) is 0.148. The average molecular weight is 508 g/mol. The second-order valence-corrected chi connectivity index (χ2v) is 9.47. The third-order valence-corrected chi connectivity index (χ3v) is 6.47. The summed E-state index contributed by atoms with van der Waals surface area (Å²) in [6.45, 7) is 7.61. The molecule has 0 aliphatic rings. The van der Waals surface area contributed by atoms with Crippen LogP contribution in [-0.4, -0.2) is 31.7 Å². The summed E-state index contributed by atoms with van der Waals surface area (Å²) < 4.78 is 10.9. The number of thioether (sulfide) groups is 2. The van der Waals surface area contributed by atoms with Gasteiger partial charge in [0.1, 0.15) is 11.5 Å². The Morgan fingerprint density at radius 1 is 1.14 bits per heavy atom. The predicted octanol–water partition coefficient (Wildman–Crippen LogP) is 6.33. The molecular formula is C27H29N3O3S2. The van der Waals surface area contributed by atoms with Crippen molar-refractivity contribution >= 4 is 42.2 Å². The fourth-order valence-corrected chi connectivity index (χ4v) is 4.42. The highest BCUT2D eigenvalue weighted by atomic mass is 32.2. The zero-order valence-electron chi connectivity index (χ0n) is 20.1. The fraction of sp³-hybridized carbons (Fsp3) is 0.222. The number of nitrogens with two attached hydrogens (primary N) is 1. The van der Waals surface area contributed by atoms with E-state index >= 15 is 0 Å². The highest BCUT2D eigenvalue weighted by molar-refractivity contribution is 7.99. The molecule has 3 rings (SSSR count). The third-order valence-electron chi connectivity index (χ3n) is 4.78. The number of carbonyl (C=O) groups excluding carboxylic acids is 1. The van der Waals surface area contributed by atoms with Gasteiger partial charge < -0.3 is 15.2 Å². The highest BCUT2D eigenvalue weighted by Gasteiger charge is 2.12. The lowest BCUT2D eigenvalue weighted by molar-refractivity contribution is -0.113. The van der Waals surface area contributed by atoms with Gasteiger partial charge in [0, 0.05) is 21.7 Å². The minimum atomic E-state index is -0.640. The van der Waals surface area contributed by atoms with Crippen LogP contribution in [0.2, 0.25) is 0 Å². The molecule has 0 aliphatic heterocycles. The maximum Gasteiger partial charge on any atom is 0.179 e.